The number of aryl methyl sites for hydroxylation is 3. The van der Waals surface area contributed by atoms with E-state index in [0.717, 1.165) is 35.2 Å². The summed E-state index contributed by atoms with van der Waals surface area (Å²) >= 11 is 0. The van der Waals surface area contributed by atoms with Gasteiger partial charge in [0.1, 0.15) is 5.75 Å². The van der Waals surface area contributed by atoms with Gasteiger partial charge >= 0.3 is 0 Å². The van der Waals surface area contributed by atoms with Gasteiger partial charge in [0, 0.05) is 17.3 Å². The van der Waals surface area contributed by atoms with Crippen LogP contribution in [-0.4, -0.2) is 18.4 Å². The fraction of sp³-hybridized carbons (Fsp3) is 0.333. The summed E-state index contributed by atoms with van der Waals surface area (Å²) < 4.78 is 5.58. The van der Waals surface area contributed by atoms with Gasteiger partial charge in [-0.2, -0.15) is 0 Å². The molecule has 0 aliphatic heterocycles. The summed E-state index contributed by atoms with van der Waals surface area (Å²) in [6.45, 7) is 5.84. The first-order chi connectivity index (χ1) is 12.4. The molecule has 2 aromatic carbocycles. The van der Waals surface area contributed by atoms with Crippen LogP contribution >= 0.6 is 0 Å². The number of amides is 2. The molecular weight excluding hydrogens is 328 g/mol. The zero-order chi connectivity index (χ0) is 18.7. The second-order valence-corrected chi connectivity index (χ2v) is 6.95. The number of carbonyl (C=O) groups excluding carboxylic acids is 2. The third kappa shape index (κ3) is 4.85. The van der Waals surface area contributed by atoms with E-state index < -0.39 is 0 Å². The number of ether oxygens (including phenoxy) is 1. The molecule has 1 aliphatic rings. The van der Waals surface area contributed by atoms with Crippen molar-refractivity contribution in [3.8, 4) is 5.75 Å². The van der Waals surface area contributed by atoms with E-state index in [2.05, 4.69) is 16.7 Å². The van der Waals surface area contributed by atoms with E-state index >= 15 is 0 Å². The first-order valence-electron chi connectivity index (χ1n) is 8.83. The lowest BCUT2D eigenvalue weighted by Gasteiger charge is -2.12. The smallest absolute Gasteiger partial charge is 0.262 e. The van der Waals surface area contributed by atoms with Gasteiger partial charge in [-0.3, -0.25) is 9.59 Å². The maximum atomic E-state index is 12.2. The molecule has 0 heterocycles. The topological polar surface area (TPSA) is 67.4 Å². The molecule has 1 saturated carbocycles. The lowest BCUT2D eigenvalue weighted by molar-refractivity contribution is -0.118. The van der Waals surface area contributed by atoms with Gasteiger partial charge in [0.2, 0.25) is 5.91 Å². The molecule has 26 heavy (non-hydrogen) atoms. The highest BCUT2D eigenvalue weighted by molar-refractivity contribution is 5.96. The van der Waals surface area contributed by atoms with Crippen molar-refractivity contribution in [3.63, 3.8) is 0 Å². The zero-order valence-corrected chi connectivity index (χ0v) is 15.4. The molecule has 1 aliphatic carbocycles. The number of carbonyl (C=O) groups is 2. The highest BCUT2D eigenvalue weighted by Crippen LogP contribution is 2.31. The second-order valence-electron chi connectivity index (χ2n) is 6.95. The van der Waals surface area contributed by atoms with Gasteiger partial charge < -0.3 is 15.4 Å². The molecule has 0 unspecified atom stereocenters. The Morgan fingerprint density at radius 2 is 1.69 bits per heavy atom. The highest BCUT2D eigenvalue weighted by Gasteiger charge is 2.29. The minimum Gasteiger partial charge on any atom is -0.484 e. The van der Waals surface area contributed by atoms with E-state index in [1.807, 2.05) is 45.0 Å². The fourth-order valence-electron chi connectivity index (χ4n) is 2.78. The summed E-state index contributed by atoms with van der Waals surface area (Å²) in [5.74, 6) is 0.625. The van der Waals surface area contributed by atoms with Crippen LogP contribution in [0.4, 0.5) is 11.4 Å². The van der Waals surface area contributed by atoms with Crippen molar-refractivity contribution in [1.29, 1.82) is 0 Å². The van der Waals surface area contributed by atoms with E-state index in [9.17, 15) is 9.59 Å². The second kappa shape index (κ2) is 7.60. The molecule has 2 amide bonds. The van der Waals surface area contributed by atoms with Crippen molar-refractivity contribution in [3.05, 3.63) is 53.1 Å². The van der Waals surface area contributed by atoms with Crippen LogP contribution in [-0.2, 0) is 9.59 Å². The van der Waals surface area contributed by atoms with Crippen LogP contribution in [0.2, 0.25) is 0 Å². The Kier molecular flexibility index (Phi) is 5.26. The van der Waals surface area contributed by atoms with Crippen LogP contribution in [0, 0.1) is 26.7 Å². The van der Waals surface area contributed by atoms with Gasteiger partial charge in [0.05, 0.1) is 0 Å². The number of hydrogen-bond acceptors (Lipinski definition) is 3. The Balaban J connectivity index is 1.58. The Hall–Kier alpha value is -2.82. The molecule has 0 saturated heterocycles. The predicted octanol–water partition coefficient (Wildman–Crippen LogP) is 3.98. The van der Waals surface area contributed by atoms with E-state index in [1.165, 1.54) is 0 Å². The summed E-state index contributed by atoms with van der Waals surface area (Å²) in [5, 5.41) is 5.75. The molecule has 5 heteroatoms. The number of hydrogen-bond donors (Lipinski definition) is 2. The fourth-order valence-corrected chi connectivity index (χ4v) is 2.78. The van der Waals surface area contributed by atoms with Crippen LogP contribution in [0.5, 0.6) is 5.75 Å². The SMILES string of the molecule is Cc1cc(C)cc(OCC(=O)Nc2ccc(C)c(NC(=O)C3CC3)c2)c1. The largest absolute Gasteiger partial charge is 0.484 e. The normalized spacial score (nSPS) is 13.2. The van der Waals surface area contributed by atoms with Crippen molar-refractivity contribution in [1.82, 2.24) is 0 Å². The van der Waals surface area contributed by atoms with Crippen LogP contribution in [0.25, 0.3) is 0 Å². The standard InChI is InChI=1S/C21H24N2O3/c1-13-8-14(2)10-18(9-13)26-12-20(24)22-17-7-4-15(3)19(11-17)23-21(25)16-5-6-16/h4,7-11,16H,5-6,12H2,1-3H3,(H,22,24)(H,23,25). The summed E-state index contributed by atoms with van der Waals surface area (Å²) in [6, 6.07) is 11.3. The van der Waals surface area contributed by atoms with Crippen molar-refractivity contribution in [2.24, 2.45) is 5.92 Å². The molecular formula is C21H24N2O3. The monoisotopic (exact) mass is 352 g/mol. The summed E-state index contributed by atoms with van der Waals surface area (Å²) in [4.78, 5) is 24.1. The molecule has 136 valence electrons. The molecule has 1 fully saturated rings. The predicted molar refractivity (Wildman–Crippen MR) is 103 cm³/mol. The maximum Gasteiger partial charge on any atom is 0.262 e. The summed E-state index contributed by atoms with van der Waals surface area (Å²) in [6.07, 6.45) is 1.91. The van der Waals surface area contributed by atoms with Crippen LogP contribution < -0.4 is 15.4 Å². The Morgan fingerprint density at radius 1 is 1.00 bits per heavy atom. The van der Waals surface area contributed by atoms with Crippen molar-refractivity contribution in [2.75, 3.05) is 17.2 Å². The quantitative estimate of drug-likeness (QED) is 0.826. The van der Waals surface area contributed by atoms with E-state index in [4.69, 9.17) is 4.74 Å². The highest BCUT2D eigenvalue weighted by atomic mass is 16.5. The molecule has 2 N–H and O–H groups in total. The average molecular weight is 352 g/mol. The maximum absolute atomic E-state index is 12.2. The van der Waals surface area contributed by atoms with Gasteiger partial charge in [-0.25, -0.2) is 0 Å². The average Bonchev–Trinajstić information content (AvgIpc) is 3.40. The van der Waals surface area contributed by atoms with Gasteiger partial charge in [0.15, 0.2) is 6.61 Å². The Morgan fingerprint density at radius 3 is 2.35 bits per heavy atom. The molecule has 0 atom stereocenters. The minimum absolute atomic E-state index is 0.0507. The zero-order valence-electron chi connectivity index (χ0n) is 15.4. The van der Waals surface area contributed by atoms with Gasteiger partial charge in [-0.15, -0.1) is 0 Å². The van der Waals surface area contributed by atoms with Crippen molar-refractivity contribution in [2.45, 2.75) is 33.6 Å². The Labute approximate surface area is 153 Å². The van der Waals surface area contributed by atoms with E-state index in [1.54, 1.807) is 6.07 Å². The number of nitrogens with one attached hydrogen (secondary N) is 2. The van der Waals surface area contributed by atoms with Crippen molar-refractivity contribution >= 4 is 23.2 Å². The first kappa shape index (κ1) is 18.0. The van der Waals surface area contributed by atoms with Gasteiger partial charge in [0.25, 0.3) is 5.91 Å². The van der Waals surface area contributed by atoms with E-state index in [-0.39, 0.29) is 24.3 Å². The van der Waals surface area contributed by atoms with Gasteiger partial charge in [-0.05, 0) is 74.6 Å². The minimum atomic E-state index is -0.243. The third-order valence-electron chi connectivity index (χ3n) is 4.29. The van der Waals surface area contributed by atoms with Crippen molar-refractivity contribution < 1.29 is 14.3 Å². The third-order valence-corrected chi connectivity index (χ3v) is 4.29. The lowest BCUT2D eigenvalue weighted by Crippen LogP contribution is -2.20. The number of rotatable bonds is 6. The van der Waals surface area contributed by atoms with E-state index in [0.29, 0.717) is 11.4 Å². The molecule has 0 spiro atoms. The number of benzene rings is 2. The Bertz CT molecular complexity index is 821. The van der Waals surface area contributed by atoms with Crippen LogP contribution in [0.3, 0.4) is 0 Å². The first-order valence-corrected chi connectivity index (χ1v) is 8.83. The summed E-state index contributed by atoms with van der Waals surface area (Å²) in [5.41, 5.74) is 4.51. The van der Waals surface area contributed by atoms with Gasteiger partial charge in [-0.1, -0.05) is 12.1 Å². The molecule has 2 aromatic rings. The number of anilines is 2. The molecule has 0 radical (unpaired) electrons. The molecule has 0 aromatic heterocycles. The van der Waals surface area contributed by atoms with Crippen LogP contribution in [0.1, 0.15) is 29.5 Å². The molecule has 5 nitrogen and oxygen atoms in total. The van der Waals surface area contributed by atoms with Crippen LogP contribution in [0.15, 0.2) is 36.4 Å². The molecule has 3 rings (SSSR count). The molecule has 0 bridgehead atoms. The lowest BCUT2D eigenvalue weighted by atomic mass is 10.1. The summed E-state index contributed by atoms with van der Waals surface area (Å²) in [7, 11) is 0.